The van der Waals surface area contributed by atoms with Crippen LogP contribution in [0.5, 0.6) is 0 Å². The van der Waals surface area contributed by atoms with Crippen molar-refractivity contribution in [1.82, 2.24) is 4.40 Å². The van der Waals surface area contributed by atoms with Gasteiger partial charge in [0.05, 0.1) is 23.4 Å². The van der Waals surface area contributed by atoms with Crippen LogP contribution in [0.4, 0.5) is 0 Å². The summed E-state index contributed by atoms with van der Waals surface area (Å²) >= 11 is 5.92. The van der Waals surface area contributed by atoms with Crippen LogP contribution in [0.2, 0.25) is 5.02 Å². The van der Waals surface area contributed by atoms with Crippen LogP contribution in [0, 0.1) is 0 Å². The zero-order valence-corrected chi connectivity index (χ0v) is 16.6. The van der Waals surface area contributed by atoms with Crippen LogP contribution in [-0.4, -0.2) is 22.8 Å². The Balaban J connectivity index is 2.19. The lowest BCUT2D eigenvalue weighted by molar-refractivity contribution is 0.0529. The Morgan fingerprint density at radius 1 is 1.07 bits per heavy atom. The summed E-state index contributed by atoms with van der Waals surface area (Å²) in [5.74, 6) is -0.614. The van der Waals surface area contributed by atoms with E-state index >= 15 is 0 Å². The van der Waals surface area contributed by atoms with Crippen molar-refractivity contribution in [1.29, 1.82) is 0 Å². The Labute approximate surface area is 163 Å². The standard InChI is InChI=1S/C22H22ClNO3/c1-5-27-21(26)17-13-19(20(25)14-6-8-16(23)9-7-14)24-11-10-15(12-18(17)24)22(2,3)4/h6-13H,5H2,1-4H3. The first-order valence-corrected chi connectivity index (χ1v) is 9.23. The quantitative estimate of drug-likeness (QED) is 0.453. The number of halogens is 1. The third-order valence-electron chi connectivity index (χ3n) is 4.47. The maximum Gasteiger partial charge on any atom is 0.340 e. The number of aromatic nitrogens is 1. The van der Waals surface area contributed by atoms with Crippen LogP contribution >= 0.6 is 11.6 Å². The molecule has 0 atom stereocenters. The molecule has 4 nitrogen and oxygen atoms in total. The fourth-order valence-electron chi connectivity index (χ4n) is 2.96. The zero-order chi connectivity index (χ0) is 19.8. The monoisotopic (exact) mass is 383 g/mol. The summed E-state index contributed by atoms with van der Waals surface area (Å²) in [6, 6.07) is 12.2. The van der Waals surface area contributed by atoms with E-state index in [4.69, 9.17) is 16.3 Å². The molecule has 5 heteroatoms. The lowest BCUT2D eigenvalue weighted by Crippen LogP contribution is -2.12. The van der Waals surface area contributed by atoms with Gasteiger partial charge in [-0.3, -0.25) is 4.79 Å². The number of nitrogens with zero attached hydrogens (tertiary/aromatic N) is 1. The number of fused-ring (bicyclic) bond motifs is 1. The van der Waals surface area contributed by atoms with Crippen LogP contribution in [0.3, 0.4) is 0 Å². The summed E-state index contributed by atoms with van der Waals surface area (Å²) in [6.07, 6.45) is 1.84. The Bertz CT molecular complexity index is 1010. The number of ketones is 1. The van der Waals surface area contributed by atoms with Gasteiger partial charge in [-0.05, 0) is 60.4 Å². The fourth-order valence-corrected chi connectivity index (χ4v) is 3.09. The highest BCUT2D eigenvalue weighted by Gasteiger charge is 2.23. The molecule has 0 N–H and O–H groups in total. The summed E-state index contributed by atoms with van der Waals surface area (Å²) in [7, 11) is 0. The van der Waals surface area contributed by atoms with Gasteiger partial charge >= 0.3 is 5.97 Å². The molecule has 0 saturated heterocycles. The molecule has 0 unspecified atom stereocenters. The van der Waals surface area contributed by atoms with Gasteiger partial charge in [0.1, 0.15) is 0 Å². The largest absolute Gasteiger partial charge is 0.462 e. The highest BCUT2D eigenvalue weighted by Crippen LogP contribution is 2.28. The number of rotatable bonds is 4. The van der Waals surface area contributed by atoms with Gasteiger partial charge in [-0.25, -0.2) is 4.79 Å². The molecule has 0 radical (unpaired) electrons. The molecule has 0 saturated carbocycles. The summed E-state index contributed by atoms with van der Waals surface area (Å²) in [5.41, 5.74) is 2.96. The average molecular weight is 384 g/mol. The summed E-state index contributed by atoms with van der Waals surface area (Å²) in [4.78, 5) is 25.5. The summed E-state index contributed by atoms with van der Waals surface area (Å²) < 4.78 is 6.94. The van der Waals surface area contributed by atoms with Crippen molar-refractivity contribution in [2.24, 2.45) is 0 Å². The normalized spacial score (nSPS) is 11.6. The summed E-state index contributed by atoms with van der Waals surface area (Å²) in [6.45, 7) is 8.34. The first-order valence-electron chi connectivity index (χ1n) is 8.85. The average Bonchev–Trinajstić information content (AvgIpc) is 3.00. The van der Waals surface area contributed by atoms with Gasteiger partial charge in [-0.2, -0.15) is 0 Å². The maximum atomic E-state index is 13.0. The van der Waals surface area contributed by atoms with E-state index in [1.54, 1.807) is 41.7 Å². The van der Waals surface area contributed by atoms with Crippen LogP contribution in [-0.2, 0) is 10.2 Å². The number of benzene rings is 1. The topological polar surface area (TPSA) is 47.8 Å². The van der Waals surface area contributed by atoms with E-state index in [2.05, 4.69) is 20.8 Å². The zero-order valence-electron chi connectivity index (χ0n) is 15.9. The minimum Gasteiger partial charge on any atom is -0.462 e. The van der Waals surface area contributed by atoms with E-state index in [-0.39, 0.29) is 17.8 Å². The SMILES string of the molecule is CCOC(=O)c1cc(C(=O)c2ccc(Cl)cc2)n2ccc(C(C)(C)C)cc12. The van der Waals surface area contributed by atoms with Crippen molar-refractivity contribution in [3.8, 4) is 0 Å². The molecular weight excluding hydrogens is 362 g/mol. The van der Waals surface area contributed by atoms with Crippen molar-refractivity contribution in [3.05, 3.63) is 76.1 Å². The van der Waals surface area contributed by atoms with E-state index in [9.17, 15) is 9.59 Å². The molecule has 3 aromatic rings. The van der Waals surface area contributed by atoms with Gasteiger partial charge in [-0.1, -0.05) is 32.4 Å². The molecule has 0 spiro atoms. The maximum absolute atomic E-state index is 13.0. The first kappa shape index (κ1) is 19.2. The first-order chi connectivity index (χ1) is 12.7. The highest BCUT2D eigenvalue weighted by molar-refractivity contribution is 6.30. The highest BCUT2D eigenvalue weighted by atomic mass is 35.5. The van der Waals surface area contributed by atoms with E-state index in [1.807, 2.05) is 18.3 Å². The van der Waals surface area contributed by atoms with E-state index in [0.717, 1.165) is 5.56 Å². The molecule has 140 valence electrons. The molecular formula is C22H22ClNO3. The molecule has 0 aliphatic heterocycles. The lowest BCUT2D eigenvalue weighted by Gasteiger charge is -2.19. The number of esters is 1. The predicted molar refractivity (Wildman–Crippen MR) is 107 cm³/mol. The van der Waals surface area contributed by atoms with Gasteiger partial charge < -0.3 is 9.14 Å². The Kier molecular flexibility index (Phi) is 5.11. The van der Waals surface area contributed by atoms with Gasteiger partial charge in [0.15, 0.2) is 0 Å². The smallest absolute Gasteiger partial charge is 0.340 e. The lowest BCUT2D eigenvalue weighted by atomic mass is 9.87. The molecule has 0 bridgehead atoms. The van der Waals surface area contributed by atoms with Gasteiger partial charge in [0.2, 0.25) is 5.78 Å². The van der Waals surface area contributed by atoms with Crippen LogP contribution in [0.15, 0.2) is 48.7 Å². The molecule has 2 heterocycles. The van der Waals surface area contributed by atoms with Crippen molar-refractivity contribution in [2.45, 2.75) is 33.1 Å². The van der Waals surface area contributed by atoms with Crippen molar-refractivity contribution in [2.75, 3.05) is 6.61 Å². The minimum absolute atomic E-state index is 0.0850. The van der Waals surface area contributed by atoms with Gasteiger partial charge in [0.25, 0.3) is 0 Å². The predicted octanol–water partition coefficient (Wildman–Crippen LogP) is 5.30. The molecule has 2 aromatic heterocycles. The number of pyridine rings is 1. The Morgan fingerprint density at radius 3 is 2.33 bits per heavy atom. The molecule has 1 aromatic carbocycles. The number of carbonyl (C=O) groups excluding carboxylic acids is 2. The number of hydrogen-bond acceptors (Lipinski definition) is 3. The van der Waals surface area contributed by atoms with Crippen molar-refractivity contribution >= 4 is 28.9 Å². The molecule has 0 amide bonds. The molecule has 0 fully saturated rings. The molecule has 0 aliphatic rings. The van der Waals surface area contributed by atoms with E-state index in [0.29, 0.717) is 27.4 Å². The van der Waals surface area contributed by atoms with Gasteiger partial charge in [-0.15, -0.1) is 0 Å². The number of carbonyl (C=O) groups is 2. The minimum atomic E-state index is -0.434. The van der Waals surface area contributed by atoms with Crippen LogP contribution < -0.4 is 0 Å². The number of hydrogen-bond donors (Lipinski definition) is 0. The van der Waals surface area contributed by atoms with E-state index < -0.39 is 5.97 Å². The fraction of sp³-hybridized carbons (Fsp3) is 0.273. The van der Waals surface area contributed by atoms with Crippen molar-refractivity contribution < 1.29 is 14.3 Å². The molecule has 3 rings (SSSR count). The molecule has 0 aliphatic carbocycles. The number of ether oxygens (including phenoxy) is 1. The Hall–Kier alpha value is -2.59. The second kappa shape index (κ2) is 7.20. The van der Waals surface area contributed by atoms with E-state index in [1.165, 1.54) is 0 Å². The van der Waals surface area contributed by atoms with Crippen molar-refractivity contribution in [3.63, 3.8) is 0 Å². The van der Waals surface area contributed by atoms with Crippen LogP contribution in [0.1, 0.15) is 59.7 Å². The summed E-state index contributed by atoms with van der Waals surface area (Å²) in [5, 5.41) is 0.564. The second-order valence-corrected chi connectivity index (χ2v) is 7.86. The van der Waals surface area contributed by atoms with Gasteiger partial charge in [0, 0.05) is 16.8 Å². The Morgan fingerprint density at radius 2 is 1.74 bits per heavy atom. The second-order valence-electron chi connectivity index (χ2n) is 7.42. The third kappa shape index (κ3) is 3.76. The third-order valence-corrected chi connectivity index (χ3v) is 4.72. The molecule has 27 heavy (non-hydrogen) atoms. The van der Waals surface area contributed by atoms with Crippen LogP contribution in [0.25, 0.3) is 5.52 Å².